The smallest absolute Gasteiger partial charge is 0.168 e. The molecule has 1 aliphatic carbocycles. The van der Waals surface area contributed by atoms with Crippen molar-refractivity contribution in [2.75, 3.05) is 5.73 Å². The molecule has 2 N–H and O–H groups in total. The number of benzene rings is 1. The largest absolute Gasteiger partial charge is 0.486 e. The average Bonchev–Trinajstić information content (AvgIpc) is 2.82. The second kappa shape index (κ2) is 4.88. The second-order valence-corrected chi connectivity index (χ2v) is 4.92. The zero-order chi connectivity index (χ0) is 13.2. The lowest BCUT2D eigenvalue weighted by Gasteiger charge is -2.08. The molecular formula is C15H17N3O. The van der Waals surface area contributed by atoms with E-state index in [2.05, 4.69) is 22.1 Å². The van der Waals surface area contributed by atoms with Gasteiger partial charge in [0.25, 0.3) is 0 Å². The van der Waals surface area contributed by atoms with Crippen molar-refractivity contribution in [1.82, 2.24) is 9.97 Å². The van der Waals surface area contributed by atoms with Crippen molar-refractivity contribution in [2.24, 2.45) is 0 Å². The zero-order valence-corrected chi connectivity index (χ0v) is 11.0. The SMILES string of the molecule is Cc1cc(N)nc(COc2ccc3c(c2)CCC3)n1. The van der Waals surface area contributed by atoms with E-state index >= 15 is 0 Å². The van der Waals surface area contributed by atoms with E-state index in [0.29, 0.717) is 18.2 Å². The van der Waals surface area contributed by atoms with Crippen LogP contribution in [0.2, 0.25) is 0 Å². The van der Waals surface area contributed by atoms with E-state index < -0.39 is 0 Å². The number of nitrogens with zero attached hydrogens (tertiary/aromatic N) is 2. The molecule has 1 heterocycles. The summed E-state index contributed by atoms with van der Waals surface area (Å²) in [4.78, 5) is 8.47. The minimum Gasteiger partial charge on any atom is -0.486 e. The first-order valence-electron chi connectivity index (χ1n) is 6.55. The van der Waals surface area contributed by atoms with Gasteiger partial charge in [0.1, 0.15) is 18.2 Å². The molecule has 98 valence electrons. The lowest BCUT2D eigenvalue weighted by molar-refractivity contribution is 0.295. The van der Waals surface area contributed by atoms with Gasteiger partial charge < -0.3 is 10.5 Å². The van der Waals surface area contributed by atoms with Crippen LogP contribution in [0, 0.1) is 6.92 Å². The number of aromatic nitrogens is 2. The number of anilines is 1. The highest BCUT2D eigenvalue weighted by Gasteiger charge is 2.11. The molecule has 0 unspecified atom stereocenters. The maximum absolute atomic E-state index is 5.75. The van der Waals surface area contributed by atoms with Gasteiger partial charge in [0.05, 0.1) is 0 Å². The van der Waals surface area contributed by atoms with Crippen molar-refractivity contribution in [2.45, 2.75) is 32.8 Å². The summed E-state index contributed by atoms with van der Waals surface area (Å²) in [5.74, 6) is 1.99. The molecule has 0 saturated heterocycles. The topological polar surface area (TPSA) is 61.0 Å². The summed E-state index contributed by atoms with van der Waals surface area (Å²) in [5, 5.41) is 0. The highest BCUT2D eigenvalue weighted by Crippen LogP contribution is 2.26. The van der Waals surface area contributed by atoms with Gasteiger partial charge in [0.15, 0.2) is 5.82 Å². The number of fused-ring (bicyclic) bond motifs is 1. The minimum atomic E-state index is 0.352. The van der Waals surface area contributed by atoms with Crippen LogP contribution in [0.15, 0.2) is 24.3 Å². The Bertz CT molecular complexity index is 590. The molecule has 19 heavy (non-hydrogen) atoms. The van der Waals surface area contributed by atoms with Gasteiger partial charge in [0, 0.05) is 11.8 Å². The normalized spacial score (nSPS) is 13.3. The fourth-order valence-corrected chi connectivity index (χ4v) is 2.51. The number of nitrogens with two attached hydrogens (primary N) is 1. The van der Waals surface area contributed by atoms with Crippen LogP contribution in [-0.2, 0) is 19.4 Å². The number of ether oxygens (including phenoxy) is 1. The van der Waals surface area contributed by atoms with Crippen LogP contribution < -0.4 is 10.5 Å². The van der Waals surface area contributed by atoms with E-state index in [1.54, 1.807) is 6.07 Å². The highest BCUT2D eigenvalue weighted by atomic mass is 16.5. The predicted molar refractivity (Wildman–Crippen MR) is 74.0 cm³/mol. The number of hydrogen-bond donors (Lipinski definition) is 1. The van der Waals surface area contributed by atoms with Crippen molar-refractivity contribution in [1.29, 1.82) is 0 Å². The molecule has 1 aliphatic rings. The lowest BCUT2D eigenvalue weighted by atomic mass is 10.1. The highest BCUT2D eigenvalue weighted by molar-refractivity contribution is 5.38. The number of nitrogen functional groups attached to an aromatic ring is 1. The van der Waals surface area contributed by atoms with Gasteiger partial charge in [-0.15, -0.1) is 0 Å². The van der Waals surface area contributed by atoms with E-state index in [9.17, 15) is 0 Å². The summed E-state index contributed by atoms with van der Waals surface area (Å²) in [5.41, 5.74) is 9.41. The Labute approximate surface area is 112 Å². The molecule has 3 rings (SSSR count). The molecule has 0 aliphatic heterocycles. The molecule has 0 fully saturated rings. The fraction of sp³-hybridized carbons (Fsp3) is 0.333. The van der Waals surface area contributed by atoms with Gasteiger partial charge in [-0.3, -0.25) is 0 Å². The zero-order valence-electron chi connectivity index (χ0n) is 11.0. The Hall–Kier alpha value is -2.10. The Kier molecular flexibility index (Phi) is 3.07. The van der Waals surface area contributed by atoms with E-state index in [-0.39, 0.29) is 0 Å². The van der Waals surface area contributed by atoms with Crippen molar-refractivity contribution in [3.8, 4) is 5.75 Å². The van der Waals surface area contributed by atoms with Crippen LogP contribution in [-0.4, -0.2) is 9.97 Å². The molecule has 2 aromatic rings. The Balaban J connectivity index is 1.72. The molecule has 4 nitrogen and oxygen atoms in total. The van der Waals surface area contributed by atoms with Crippen LogP contribution in [0.5, 0.6) is 5.75 Å². The maximum atomic E-state index is 5.75. The van der Waals surface area contributed by atoms with Gasteiger partial charge in [-0.25, -0.2) is 9.97 Å². The number of rotatable bonds is 3. The predicted octanol–water partition coefficient (Wildman–Crippen LogP) is 2.43. The lowest BCUT2D eigenvalue weighted by Crippen LogP contribution is -2.05. The van der Waals surface area contributed by atoms with E-state index in [0.717, 1.165) is 17.9 Å². The van der Waals surface area contributed by atoms with Crippen LogP contribution >= 0.6 is 0 Å². The molecule has 1 aromatic carbocycles. The third kappa shape index (κ3) is 2.67. The molecule has 4 heteroatoms. The molecule has 0 spiro atoms. The summed E-state index contributed by atoms with van der Waals surface area (Å²) in [6, 6.07) is 8.05. The Morgan fingerprint density at radius 2 is 2.00 bits per heavy atom. The Morgan fingerprint density at radius 1 is 1.16 bits per heavy atom. The maximum Gasteiger partial charge on any atom is 0.168 e. The number of hydrogen-bond acceptors (Lipinski definition) is 4. The first kappa shape index (κ1) is 12.0. The summed E-state index contributed by atoms with van der Waals surface area (Å²) >= 11 is 0. The van der Waals surface area contributed by atoms with Crippen LogP contribution in [0.25, 0.3) is 0 Å². The summed E-state index contributed by atoms with van der Waals surface area (Å²) in [6.45, 7) is 2.25. The number of aryl methyl sites for hydroxylation is 3. The molecular weight excluding hydrogens is 238 g/mol. The molecule has 0 saturated carbocycles. The quantitative estimate of drug-likeness (QED) is 0.915. The summed E-state index contributed by atoms with van der Waals surface area (Å²) in [6.07, 6.45) is 3.59. The minimum absolute atomic E-state index is 0.352. The average molecular weight is 255 g/mol. The third-order valence-electron chi connectivity index (χ3n) is 3.36. The molecule has 0 atom stereocenters. The monoisotopic (exact) mass is 255 g/mol. The van der Waals surface area contributed by atoms with Crippen molar-refractivity contribution in [3.05, 3.63) is 46.9 Å². The van der Waals surface area contributed by atoms with Crippen molar-refractivity contribution in [3.63, 3.8) is 0 Å². The summed E-state index contributed by atoms with van der Waals surface area (Å²) in [7, 11) is 0. The molecule has 0 bridgehead atoms. The van der Waals surface area contributed by atoms with Crippen molar-refractivity contribution >= 4 is 5.82 Å². The van der Waals surface area contributed by atoms with Crippen molar-refractivity contribution < 1.29 is 4.74 Å². The summed E-state index contributed by atoms with van der Waals surface area (Å²) < 4.78 is 5.75. The fourth-order valence-electron chi connectivity index (χ4n) is 2.51. The van der Waals surface area contributed by atoms with Gasteiger partial charge in [-0.05, 0) is 49.4 Å². The molecule has 1 aromatic heterocycles. The third-order valence-corrected chi connectivity index (χ3v) is 3.36. The van der Waals surface area contributed by atoms with E-state index in [4.69, 9.17) is 10.5 Å². The van der Waals surface area contributed by atoms with Gasteiger partial charge in [-0.1, -0.05) is 6.07 Å². The molecule has 0 amide bonds. The second-order valence-electron chi connectivity index (χ2n) is 4.92. The van der Waals surface area contributed by atoms with Gasteiger partial charge in [-0.2, -0.15) is 0 Å². The van der Waals surface area contributed by atoms with E-state index in [1.807, 2.05) is 13.0 Å². The standard InChI is InChI=1S/C15H17N3O/c1-10-7-14(16)18-15(17-10)9-19-13-6-5-11-3-2-4-12(11)8-13/h5-8H,2-4,9H2,1H3,(H2,16,17,18). The van der Waals surface area contributed by atoms with Gasteiger partial charge >= 0.3 is 0 Å². The Morgan fingerprint density at radius 3 is 2.84 bits per heavy atom. The molecule has 0 radical (unpaired) electrons. The van der Waals surface area contributed by atoms with E-state index in [1.165, 1.54) is 24.0 Å². The van der Waals surface area contributed by atoms with Crippen LogP contribution in [0.1, 0.15) is 29.1 Å². The van der Waals surface area contributed by atoms with Gasteiger partial charge in [0.2, 0.25) is 0 Å². The first-order valence-corrected chi connectivity index (χ1v) is 6.55. The first-order chi connectivity index (χ1) is 9.20. The van der Waals surface area contributed by atoms with Crippen LogP contribution in [0.3, 0.4) is 0 Å². The van der Waals surface area contributed by atoms with Crippen LogP contribution in [0.4, 0.5) is 5.82 Å².